The molecule has 2 heterocycles. The van der Waals surface area contributed by atoms with Crippen LogP contribution in [-0.2, 0) is 9.53 Å². The van der Waals surface area contributed by atoms with Crippen molar-refractivity contribution in [3.63, 3.8) is 0 Å². The molecule has 0 unspecified atom stereocenters. The third kappa shape index (κ3) is 4.68. The van der Waals surface area contributed by atoms with E-state index in [2.05, 4.69) is 4.90 Å². The van der Waals surface area contributed by atoms with Crippen molar-refractivity contribution < 1.29 is 14.3 Å². The van der Waals surface area contributed by atoms with Crippen molar-refractivity contribution in [2.24, 2.45) is 11.1 Å². The molecule has 0 aliphatic carbocycles. The van der Waals surface area contributed by atoms with Gasteiger partial charge in [0.05, 0.1) is 5.41 Å². The minimum Gasteiger partial charge on any atom is -0.385 e. The first-order chi connectivity index (χ1) is 12.5. The number of primary amides is 1. The van der Waals surface area contributed by atoms with Crippen LogP contribution < -0.4 is 5.73 Å². The van der Waals surface area contributed by atoms with E-state index in [1.54, 1.807) is 7.11 Å². The van der Waals surface area contributed by atoms with Gasteiger partial charge in [0, 0.05) is 45.9 Å². The molecule has 2 aliphatic heterocycles. The third-order valence-electron chi connectivity index (χ3n) is 6.35. The zero-order chi connectivity index (χ0) is 19.2. The molecule has 2 N–H and O–H groups in total. The minimum atomic E-state index is -0.411. The van der Waals surface area contributed by atoms with Gasteiger partial charge in [0.25, 0.3) is 0 Å². The first kappa shape index (κ1) is 21.0. The molecule has 2 fully saturated rings. The van der Waals surface area contributed by atoms with Gasteiger partial charge in [-0.2, -0.15) is 0 Å². The van der Waals surface area contributed by atoms with Crippen molar-refractivity contribution in [1.82, 2.24) is 14.7 Å². The quantitative estimate of drug-likeness (QED) is 0.739. The fraction of sp³-hybridized carbons (Fsp3) is 0.895. The first-order valence-corrected chi connectivity index (χ1v) is 10.0. The zero-order valence-electron chi connectivity index (χ0n) is 16.7. The second-order valence-corrected chi connectivity index (χ2v) is 7.60. The molecule has 0 aromatic heterocycles. The number of carbonyl (C=O) groups is 2. The number of piperidine rings is 2. The van der Waals surface area contributed by atoms with Crippen LogP contribution in [0.15, 0.2) is 0 Å². The molecule has 0 saturated carbocycles. The Morgan fingerprint density at radius 3 is 2.15 bits per heavy atom. The summed E-state index contributed by atoms with van der Waals surface area (Å²) in [4.78, 5) is 30.8. The fourth-order valence-corrected chi connectivity index (χ4v) is 4.35. The molecule has 0 atom stereocenters. The Hall–Kier alpha value is -1.34. The second kappa shape index (κ2) is 9.55. The van der Waals surface area contributed by atoms with Crippen LogP contribution in [-0.4, -0.2) is 85.7 Å². The lowest BCUT2D eigenvalue weighted by Crippen LogP contribution is -2.54. The molecule has 7 heteroatoms. The number of nitrogens with zero attached hydrogens (tertiary/aromatic N) is 3. The van der Waals surface area contributed by atoms with Crippen molar-refractivity contribution in [2.75, 3.05) is 53.0 Å². The van der Waals surface area contributed by atoms with Gasteiger partial charge in [0.1, 0.15) is 0 Å². The molecule has 7 nitrogen and oxygen atoms in total. The number of likely N-dealkylation sites (tertiary alicyclic amines) is 2. The van der Waals surface area contributed by atoms with E-state index < -0.39 is 5.41 Å². The third-order valence-corrected chi connectivity index (χ3v) is 6.35. The van der Waals surface area contributed by atoms with Crippen LogP contribution in [0, 0.1) is 5.41 Å². The number of hydrogen-bond acceptors (Lipinski definition) is 4. The Morgan fingerprint density at radius 1 is 1.12 bits per heavy atom. The van der Waals surface area contributed by atoms with Gasteiger partial charge in [-0.05, 0) is 59.0 Å². The largest absolute Gasteiger partial charge is 0.385 e. The van der Waals surface area contributed by atoms with E-state index >= 15 is 0 Å². The minimum absolute atomic E-state index is 0.166. The molecule has 2 saturated heterocycles. The molecule has 2 rings (SSSR count). The number of hydrogen-bond donors (Lipinski definition) is 1. The summed E-state index contributed by atoms with van der Waals surface area (Å²) in [6.07, 6.45) is 4.35. The number of carbonyl (C=O) groups excluding carboxylic acids is 2. The molecule has 0 radical (unpaired) electrons. The lowest BCUT2D eigenvalue weighted by atomic mass is 9.74. The van der Waals surface area contributed by atoms with Crippen LogP contribution in [0.5, 0.6) is 0 Å². The Kier molecular flexibility index (Phi) is 7.70. The molecular formula is C19H36N4O3. The summed E-state index contributed by atoms with van der Waals surface area (Å²) in [5, 5.41) is 0. The molecule has 0 bridgehead atoms. The van der Waals surface area contributed by atoms with Crippen molar-refractivity contribution in [1.29, 1.82) is 0 Å². The lowest BCUT2D eigenvalue weighted by Gasteiger charge is -2.45. The van der Waals surface area contributed by atoms with E-state index in [0.717, 1.165) is 65.0 Å². The predicted molar refractivity (Wildman–Crippen MR) is 102 cm³/mol. The highest BCUT2D eigenvalue weighted by Gasteiger charge is 2.41. The molecule has 150 valence electrons. The summed E-state index contributed by atoms with van der Waals surface area (Å²) in [5.41, 5.74) is 5.30. The lowest BCUT2D eigenvalue weighted by molar-refractivity contribution is -0.132. The molecule has 0 aromatic rings. The van der Waals surface area contributed by atoms with E-state index in [4.69, 9.17) is 10.5 Å². The van der Waals surface area contributed by atoms with Crippen LogP contribution in [0.2, 0.25) is 0 Å². The zero-order valence-corrected chi connectivity index (χ0v) is 16.7. The van der Waals surface area contributed by atoms with E-state index in [-0.39, 0.29) is 11.9 Å². The summed E-state index contributed by atoms with van der Waals surface area (Å²) in [6, 6.07) is 0.670. The Bertz CT molecular complexity index is 465. The maximum Gasteiger partial charge on any atom is 0.319 e. The van der Waals surface area contributed by atoms with Crippen LogP contribution in [0.1, 0.15) is 46.0 Å². The monoisotopic (exact) mass is 368 g/mol. The van der Waals surface area contributed by atoms with Crippen molar-refractivity contribution >= 4 is 11.9 Å². The Labute approximate surface area is 157 Å². The van der Waals surface area contributed by atoms with Gasteiger partial charge in [-0.25, -0.2) is 4.79 Å². The van der Waals surface area contributed by atoms with Gasteiger partial charge in [0.2, 0.25) is 5.91 Å². The number of methoxy groups -OCH3 is 1. The highest BCUT2D eigenvalue weighted by molar-refractivity contribution is 5.81. The standard InChI is InChI=1S/C19H36N4O3/c1-4-21(5-2)18(25)23-11-6-16(7-12-23)22-13-8-19(9-14-22,17(20)24)10-15-26-3/h16H,4-15H2,1-3H3,(H2,20,24). The predicted octanol–water partition coefficient (Wildman–Crippen LogP) is 1.52. The van der Waals surface area contributed by atoms with Crippen LogP contribution in [0.25, 0.3) is 0 Å². The van der Waals surface area contributed by atoms with Crippen LogP contribution in [0.3, 0.4) is 0 Å². The van der Waals surface area contributed by atoms with Crippen LogP contribution >= 0.6 is 0 Å². The van der Waals surface area contributed by atoms with Gasteiger partial charge in [-0.15, -0.1) is 0 Å². The van der Waals surface area contributed by atoms with E-state index in [1.807, 2.05) is 23.6 Å². The van der Waals surface area contributed by atoms with Crippen molar-refractivity contribution in [2.45, 2.75) is 52.0 Å². The van der Waals surface area contributed by atoms with Gasteiger partial charge in [-0.3, -0.25) is 4.79 Å². The van der Waals surface area contributed by atoms with Crippen LogP contribution in [0.4, 0.5) is 4.79 Å². The highest BCUT2D eigenvalue weighted by Crippen LogP contribution is 2.36. The SMILES string of the molecule is CCN(CC)C(=O)N1CCC(N2CCC(CCOC)(C(N)=O)CC2)CC1. The maximum atomic E-state index is 12.5. The molecule has 0 aromatic carbocycles. The normalized spacial score (nSPS) is 21.6. The summed E-state index contributed by atoms with van der Waals surface area (Å²) >= 11 is 0. The van der Waals surface area contributed by atoms with Gasteiger partial charge < -0.3 is 25.2 Å². The number of rotatable bonds is 7. The van der Waals surface area contributed by atoms with E-state index in [0.29, 0.717) is 19.1 Å². The second-order valence-electron chi connectivity index (χ2n) is 7.60. The number of ether oxygens (including phenoxy) is 1. The smallest absolute Gasteiger partial charge is 0.319 e. The molecule has 2 aliphatic rings. The Balaban J connectivity index is 1.84. The molecular weight excluding hydrogens is 332 g/mol. The molecule has 3 amide bonds. The van der Waals surface area contributed by atoms with E-state index in [9.17, 15) is 9.59 Å². The van der Waals surface area contributed by atoms with Crippen molar-refractivity contribution in [3.05, 3.63) is 0 Å². The average molecular weight is 369 g/mol. The maximum absolute atomic E-state index is 12.5. The summed E-state index contributed by atoms with van der Waals surface area (Å²) in [5.74, 6) is -0.186. The van der Waals surface area contributed by atoms with Crippen molar-refractivity contribution in [3.8, 4) is 0 Å². The number of amides is 3. The number of nitrogens with two attached hydrogens (primary N) is 1. The Morgan fingerprint density at radius 2 is 1.69 bits per heavy atom. The van der Waals surface area contributed by atoms with Gasteiger partial charge in [0.15, 0.2) is 0 Å². The van der Waals surface area contributed by atoms with E-state index in [1.165, 1.54) is 0 Å². The molecule has 26 heavy (non-hydrogen) atoms. The molecule has 0 spiro atoms. The summed E-state index contributed by atoms with van der Waals surface area (Å²) in [6.45, 7) is 9.60. The average Bonchev–Trinajstić information content (AvgIpc) is 2.67. The van der Waals surface area contributed by atoms with Gasteiger partial charge >= 0.3 is 6.03 Å². The summed E-state index contributed by atoms with van der Waals surface area (Å²) < 4.78 is 5.17. The highest BCUT2D eigenvalue weighted by atomic mass is 16.5. The summed E-state index contributed by atoms with van der Waals surface area (Å²) in [7, 11) is 1.66. The fourth-order valence-electron chi connectivity index (χ4n) is 4.35. The number of urea groups is 1. The van der Waals surface area contributed by atoms with Gasteiger partial charge in [-0.1, -0.05) is 0 Å². The topological polar surface area (TPSA) is 79.1 Å². The first-order valence-electron chi connectivity index (χ1n) is 10.0.